The first-order chi connectivity index (χ1) is 6.39. The Bertz CT molecular complexity index is 274. The number of sulfone groups is 1. The van der Waals surface area contributed by atoms with Gasteiger partial charge in [0.1, 0.15) is 0 Å². The Kier molecular flexibility index (Phi) is 3.92. The fourth-order valence-electron chi connectivity index (χ4n) is 1.91. The molecular formula is C9H19NO3S. The van der Waals surface area contributed by atoms with Crippen molar-refractivity contribution in [2.24, 2.45) is 0 Å². The van der Waals surface area contributed by atoms with Crippen molar-refractivity contribution >= 4 is 9.84 Å². The van der Waals surface area contributed by atoms with E-state index >= 15 is 0 Å². The summed E-state index contributed by atoms with van der Waals surface area (Å²) in [6, 6.07) is 0.252. The number of hydrogen-bond donors (Lipinski definition) is 2. The molecule has 1 rings (SSSR count). The van der Waals surface area contributed by atoms with Crippen molar-refractivity contribution in [1.82, 2.24) is 5.32 Å². The molecule has 84 valence electrons. The normalized spacial score (nSPS) is 30.1. The van der Waals surface area contributed by atoms with E-state index in [9.17, 15) is 8.42 Å². The summed E-state index contributed by atoms with van der Waals surface area (Å²) in [6.07, 6.45) is 1.03. The lowest BCUT2D eigenvalue weighted by molar-refractivity contribution is 0.168. The number of rotatable bonds is 4. The van der Waals surface area contributed by atoms with Crippen molar-refractivity contribution < 1.29 is 13.5 Å². The summed E-state index contributed by atoms with van der Waals surface area (Å²) in [7, 11) is -2.79. The van der Waals surface area contributed by atoms with Crippen molar-refractivity contribution in [3.63, 3.8) is 0 Å². The van der Waals surface area contributed by atoms with Gasteiger partial charge in [-0.05, 0) is 26.7 Å². The highest BCUT2D eigenvalue weighted by Gasteiger charge is 2.28. The SMILES string of the molecule is CC(O)CC(C)NC1CCS(=O)(=O)C1. The van der Waals surface area contributed by atoms with Crippen molar-refractivity contribution in [2.45, 2.75) is 44.9 Å². The van der Waals surface area contributed by atoms with Crippen molar-refractivity contribution in [1.29, 1.82) is 0 Å². The maximum atomic E-state index is 11.2. The van der Waals surface area contributed by atoms with Gasteiger partial charge in [-0.25, -0.2) is 8.42 Å². The van der Waals surface area contributed by atoms with Crippen LogP contribution in [0.15, 0.2) is 0 Å². The molecule has 2 N–H and O–H groups in total. The van der Waals surface area contributed by atoms with Crippen LogP contribution in [0.2, 0.25) is 0 Å². The molecule has 3 atom stereocenters. The first-order valence-electron chi connectivity index (χ1n) is 5.03. The Morgan fingerprint density at radius 2 is 2.14 bits per heavy atom. The van der Waals surface area contributed by atoms with E-state index in [1.165, 1.54) is 0 Å². The zero-order valence-corrected chi connectivity index (χ0v) is 9.55. The van der Waals surface area contributed by atoms with Crippen LogP contribution in [0.3, 0.4) is 0 Å². The smallest absolute Gasteiger partial charge is 0.151 e. The first-order valence-corrected chi connectivity index (χ1v) is 6.86. The molecule has 4 nitrogen and oxygen atoms in total. The molecule has 0 aromatic carbocycles. The van der Waals surface area contributed by atoms with E-state index in [0.29, 0.717) is 18.6 Å². The largest absolute Gasteiger partial charge is 0.393 e. The lowest BCUT2D eigenvalue weighted by Crippen LogP contribution is -2.38. The number of aliphatic hydroxyl groups is 1. The Hall–Kier alpha value is -0.130. The van der Waals surface area contributed by atoms with Crippen LogP contribution >= 0.6 is 0 Å². The Morgan fingerprint density at radius 3 is 2.57 bits per heavy atom. The predicted molar refractivity (Wildman–Crippen MR) is 56.0 cm³/mol. The van der Waals surface area contributed by atoms with E-state index in [1.807, 2.05) is 6.92 Å². The molecule has 3 unspecified atom stereocenters. The molecule has 0 bridgehead atoms. The van der Waals surface area contributed by atoms with E-state index in [4.69, 9.17) is 5.11 Å². The lowest BCUT2D eigenvalue weighted by atomic mass is 10.1. The average Bonchev–Trinajstić information content (AvgIpc) is 2.27. The van der Waals surface area contributed by atoms with Crippen LogP contribution in [0.4, 0.5) is 0 Å². The van der Waals surface area contributed by atoms with Gasteiger partial charge in [0.15, 0.2) is 9.84 Å². The molecule has 0 aromatic rings. The summed E-state index contributed by atoms with van der Waals surface area (Å²) in [4.78, 5) is 0. The fourth-order valence-corrected chi connectivity index (χ4v) is 3.59. The van der Waals surface area contributed by atoms with Gasteiger partial charge < -0.3 is 10.4 Å². The van der Waals surface area contributed by atoms with E-state index in [1.54, 1.807) is 6.92 Å². The van der Waals surface area contributed by atoms with E-state index in [0.717, 1.165) is 0 Å². The van der Waals surface area contributed by atoms with Gasteiger partial charge in [-0.2, -0.15) is 0 Å². The standard InChI is InChI=1S/C9H19NO3S/c1-7(5-8(2)11)10-9-3-4-14(12,13)6-9/h7-11H,3-6H2,1-2H3. The van der Waals surface area contributed by atoms with Gasteiger partial charge in [0.05, 0.1) is 17.6 Å². The van der Waals surface area contributed by atoms with Crippen LogP contribution in [0.5, 0.6) is 0 Å². The topological polar surface area (TPSA) is 66.4 Å². The van der Waals surface area contributed by atoms with Crippen molar-refractivity contribution in [2.75, 3.05) is 11.5 Å². The molecule has 1 aliphatic heterocycles. The van der Waals surface area contributed by atoms with E-state index < -0.39 is 9.84 Å². The van der Waals surface area contributed by atoms with Crippen LogP contribution in [0, 0.1) is 0 Å². The molecule has 5 heteroatoms. The van der Waals surface area contributed by atoms with Crippen LogP contribution < -0.4 is 5.32 Å². The highest BCUT2D eigenvalue weighted by Crippen LogP contribution is 2.12. The molecule has 1 fully saturated rings. The Morgan fingerprint density at radius 1 is 1.50 bits per heavy atom. The minimum absolute atomic E-state index is 0.0775. The third-order valence-electron chi connectivity index (χ3n) is 2.45. The minimum atomic E-state index is -2.79. The highest BCUT2D eigenvalue weighted by molar-refractivity contribution is 7.91. The lowest BCUT2D eigenvalue weighted by Gasteiger charge is -2.19. The van der Waals surface area contributed by atoms with Crippen LogP contribution in [0.1, 0.15) is 26.7 Å². The summed E-state index contributed by atoms with van der Waals surface area (Å²) in [6.45, 7) is 3.71. The zero-order valence-electron chi connectivity index (χ0n) is 8.73. The third kappa shape index (κ3) is 3.94. The van der Waals surface area contributed by atoms with Gasteiger partial charge >= 0.3 is 0 Å². The number of aliphatic hydroxyl groups excluding tert-OH is 1. The van der Waals surface area contributed by atoms with Crippen molar-refractivity contribution in [3.8, 4) is 0 Å². The van der Waals surface area contributed by atoms with Gasteiger partial charge in [-0.3, -0.25) is 0 Å². The molecule has 0 radical (unpaired) electrons. The Labute approximate surface area is 85.6 Å². The van der Waals surface area contributed by atoms with Crippen LogP contribution in [0.25, 0.3) is 0 Å². The summed E-state index contributed by atoms with van der Waals surface area (Å²) in [5, 5.41) is 12.4. The number of hydrogen-bond acceptors (Lipinski definition) is 4. The van der Waals surface area contributed by atoms with Gasteiger partial charge in [-0.15, -0.1) is 0 Å². The first kappa shape index (κ1) is 11.9. The second-order valence-corrected chi connectivity index (χ2v) is 6.48. The minimum Gasteiger partial charge on any atom is -0.393 e. The predicted octanol–water partition coefficient (Wildman–Crippen LogP) is -0.0775. The molecule has 0 aliphatic carbocycles. The second kappa shape index (κ2) is 4.59. The fraction of sp³-hybridized carbons (Fsp3) is 1.00. The summed E-state index contributed by atoms with van der Waals surface area (Å²) >= 11 is 0. The molecule has 1 aliphatic rings. The number of nitrogens with one attached hydrogen (secondary N) is 1. The molecule has 0 saturated carbocycles. The molecule has 14 heavy (non-hydrogen) atoms. The average molecular weight is 221 g/mol. The highest BCUT2D eigenvalue weighted by atomic mass is 32.2. The zero-order chi connectivity index (χ0) is 10.8. The molecule has 1 saturated heterocycles. The van der Waals surface area contributed by atoms with Gasteiger partial charge in [0.2, 0.25) is 0 Å². The molecule has 0 amide bonds. The van der Waals surface area contributed by atoms with Gasteiger partial charge in [0.25, 0.3) is 0 Å². The van der Waals surface area contributed by atoms with Crippen LogP contribution in [-0.4, -0.2) is 43.2 Å². The van der Waals surface area contributed by atoms with Crippen LogP contribution in [-0.2, 0) is 9.84 Å². The van der Waals surface area contributed by atoms with E-state index in [2.05, 4.69) is 5.32 Å². The van der Waals surface area contributed by atoms with Crippen molar-refractivity contribution in [3.05, 3.63) is 0 Å². The quantitative estimate of drug-likeness (QED) is 0.697. The van der Waals surface area contributed by atoms with Gasteiger partial charge in [0, 0.05) is 12.1 Å². The van der Waals surface area contributed by atoms with Gasteiger partial charge in [-0.1, -0.05) is 0 Å². The molecule has 0 aromatic heterocycles. The summed E-state index contributed by atoms with van der Waals surface area (Å²) in [5.74, 6) is 0.545. The maximum absolute atomic E-state index is 11.2. The Balaban J connectivity index is 2.32. The van der Waals surface area contributed by atoms with E-state index in [-0.39, 0.29) is 23.9 Å². The molecular weight excluding hydrogens is 202 g/mol. The summed E-state index contributed by atoms with van der Waals surface area (Å²) < 4.78 is 22.3. The third-order valence-corrected chi connectivity index (χ3v) is 4.22. The molecule has 0 spiro atoms. The monoisotopic (exact) mass is 221 g/mol. The summed E-state index contributed by atoms with van der Waals surface area (Å²) in [5.41, 5.74) is 0. The maximum Gasteiger partial charge on any atom is 0.151 e. The molecule has 1 heterocycles. The second-order valence-electron chi connectivity index (χ2n) is 4.25.